The normalized spacial score (nSPS) is 14.4. The Labute approximate surface area is 147 Å². The fourth-order valence-electron chi connectivity index (χ4n) is 2.15. The van der Waals surface area contributed by atoms with Crippen LogP contribution >= 0.6 is 15.9 Å². The number of hydrogen-bond donors (Lipinski definition) is 3. The van der Waals surface area contributed by atoms with Gasteiger partial charge in [0.2, 0.25) is 10.0 Å². The lowest BCUT2D eigenvalue weighted by atomic mass is 10.1. The van der Waals surface area contributed by atoms with Crippen molar-refractivity contribution < 1.29 is 8.42 Å². The van der Waals surface area contributed by atoms with E-state index in [1.54, 1.807) is 7.05 Å². The van der Waals surface area contributed by atoms with Crippen LogP contribution in [0.3, 0.4) is 0 Å². The van der Waals surface area contributed by atoms with Crippen LogP contribution in [0.15, 0.2) is 33.7 Å². The zero-order valence-corrected chi connectivity index (χ0v) is 16.5. The maximum absolute atomic E-state index is 11.4. The summed E-state index contributed by atoms with van der Waals surface area (Å²) in [7, 11) is -1.58. The first kappa shape index (κ1) is 19.9. The topological polar surface area (TPSA) is 82.6 Å². The minimum Gasteiger partial charge on any atom is -0.355 e. The van der Waals surface area contributed by atoms with Crippen LogP contribution in [0.1, 0.15) is 32.4 Å². The van der Waals surface area contributed by atoms with Gasteiger partial charge in [-0.2, -0.15) is 0 Å². The predicted molar refractivity (Wildman–Crippen MR) is 99.1 cm³/mol. The van der Waals surface area contributed by atoms with Gasteiger partial charge in [0.15, 0.2) is 5.96 Å². The van der Waals surface area contributed by atoms with Crippen molar-refractivity contribution in [3.8, 4) is 0 Å². The zero-order chi connectivity index (χ0) is 17.7. The molecule has 23 heavy (non-hydrogen) atoms. The molecule has 1 unspecified atom stereocenters. The molecule has 1 atom stereocenters. The predicted octanol–water partition coefficient (Wildman–Crippen LogP) is 2.00. The van der Waals surface area contributed by atoms with Gasteiger partial charge in [-0.05, 0) is 32.4 Å². The third-order valence-corrected chi connectivity index (χ3v) is 4.75. The smallest absolute Gasteiger partial charge is 0.209 e. The minimum atomic E-state index is -3.26. The summed E-state index contributed by atoms with van der Waals surface area (Å²) in [5.41, 5.74) is 0.492. The lowest BCUT2D eigenvalue weighted by molar-refractivity contribution is 0.445. The second-order valence-corrected chi connectivity index (χ2v) is 8.67. The number of hydrogen-bond acceptors (Lipinski definition) is 3. The molecule has 0 aliphatic rings. The Kier molecular flexibility index (Phi) is 7.03. The number of benzene rings is 1. The average Bonchev–Trinajstić information content (AvgIpc) is 2.41. The lowest BCUT2D eigenvalue weighted by Crippen LogP contribution is -2.53. The number of sulfonamides is 1. The van der Waals surface area contributed by atoms with Gasteiger partial charge in [0.25, 0.3) is 0 Å². The van der Waals surface area contributed by atoms with E-state index in [0.717, 1.165) is 16.3 Å². The van der Waals surface area contributed by atoms with E-state index in [-0.39, 0.29) is 6.04 Å². The molecule has 0 saturated carbocycles. The summed E-state index contributed by atoms with van der Waals surface area (Å²) in [5.74, 6) is 0.608. The van der Waals surface area contributed by atoms with Crippen molar-refractivity contribution >= 4 is 31.9 Å². The van der Waals surface area contributed by atoms with E-state index in [9.17, 15) is 8.42 Å². The van der Waals surface area contributed by atoms with Crippen LogP contribution in [0.25, 0.3) is 0 Å². The van der Waals surface area contributed by atoms with E-state index < -0.39 is 15.6 Å². The van der Waals surface area contributed by atoms with Crippen LogP contribution in [-0.2, 0) is 10.0 Å². The van der Waals surface area contributed by atoms with Gasteiger partial charge >= 0.3 is 0 Å². The van der Waals surface area contributed by atoms with Gasteiger partial charge in [-0.1, -0.05) is 34.1 Å². The molecule has 1 rings (SSSR count). The highest BCUT2D eigenvalue weighted by atomic mass is 79.9. The van der Waals surface area contributed by atoms with E-state index in [2.05, 4.69) is 36.3 Å². The first-order chi connectivity index (χ1) is 10.5. The molecule has 1 aromatic rings. The van der Waals surface area contributed by atoms with Crippen molar-refractivity contribution in [2.24, 2.45) is 4.99 Å². The molecule has 0 aliphatic carbocycles. The van der Waals surface area contributed by atoms with Gasteiger partial charge < -0.3 is 10.6 Å². The van der Waals surface area contributed by atoms with E-state index in [4.69, 9.17) is 0 Å². The molecule has 130 valence electrons. The van der Waals surface area contributed by atoms with E-state index in [1.165, 1.54) is 0 Å². The molecule has 0 spiro atoms. The largest absolute Gasteiger partial charge is 0.355 e. The summed E-state index contributed by atoms with van der Waals surface area (Å²) in [6, 6.07) is 8.01. The molecule has 0 radical (unpaired) electrons. The Bertz CT molecular complexity index is 659. The Morgan fingerprint density at radius 1 is 1.35 bits per heavy atom. The second-order valence-electron chi connectivity index (χ2n) is 6.07. The Balaban J connectivity index is 2.67. The molecule has 1 aromatic carbocycles. The molecule has 0 heterocycles. The van der Waals surface area contributed by atoms with Crippen molar-refractivity contribution in [3.05, 3.63) is 34.3 Å². The number of nitrogens with one attached hydrogen (secondary N) is 3. The first-order valence-electron chi connectivity index (χ1n) is 7.24. The highest BCUT2D eigenvalue weighted by Crippen LogP contribution is 2.22. The van der Waals surface area contributed by atoms with Gasteiger partial charge in [-0.25, -0.2) is 13.1 Å². The van der Waals surface area contributed by atoms with Crippen molar-refractivity contribution in [3.63, 3.8) is 0 Å². The molecular weight excluding hydrogens is 380 g/mol. The third kappa shape index (κ3) is 7.32. The standard InChI is InChI=1S/C15H25BrN4O2S/c1-11(12-8-6-7-9-13(12)16)19-14(17-4)18-10-15(2,3)20-23(5,21)22/h6-9,11,20H,10H2,1-5H3,(H2,17,18,19). The summed E-state index contributed by atoms with van der Waals surface area (Å²) in [5, 5.41) is 6.44. The van der Waals surface area contributed by atoms with Crippen molar-refractivity contribution in [2.75, 3.05) is 19.8 Å². The van der Waals surface area contributed by atoms with Crippen molar-refractivity contribution in [2.45, 2.75) is 32.4 Å². The number of nitrogens with zero attached hydrogens (tertiary/aromatic N) is 1. The molecular formula is C15H25BrN4O2S. The molecule has 0 fully saturated rings. The summed E-state index contributed by atoms with van der Waals surface area (Å²) < 4.78 is 26.4. The number of rotatable bonds is 6. The summed E-state index contributed by atoms with van der Waals surface area (Å²) in [6.07, 6.45) is 1.15. The fraction of sp³-hybridized carbons (Fsp3) is 0.533. The molecule has 0 saturated heterocycles. The van der Waals surface area contributed by atoms with Gasteiger partial charge in [0, 0.05) is 23.6 Å². The van der Waals surface area contributed by atoms with Crippen LogP contribution in [-0.4, -0.2) is 39.8 Å². The summed E-state index contributed by atoms with van der Waals surface area (Å²) in [4.78, 5) is 4.18. The molecule has 0 aromatic heterocycles. The number of halogens is 1. The SMILES string of the molecule is CN=C(NCC(C)(C)NS(C)(=O)=O)NC(C)c1ccccc1Br. The zero-order valence-electron chi connectivity index (χ0n) is 14.1. The highest BCUT2D eigenvalue weighted by molar-refractivity contribution is 9.10. The Morgan fingerprint density at radius 2 is 1.96 bits per heavy atom. The molecule has 0 amide bonds. The van der Waals surface area contributed by atoms with Crippen LogP contribution in [0.5, 0.6) is 0 Å². The lowest BCUT2D eigenvalue weighted by Gasteiger charge is -2.27. The molecule has 0 aliphatic heterocycles. The van der Waals surface area contributed by atoms with Crippen LogP contribution in [0.4, 0.5) is 0 Å². The Hall–Kier alpha value is -1.12. The molecule has 0 bridgehead atoms. The molecule has 3 N–H and O–H groups in total. The third-order valence-electron chi connectivity index (χ3n) is 3.11. The van der Waals surface area contributed by atoms with E-state index in [0.29, 0.717) is 12.5 Å². The maximum Gasteiger partial charge on any atom is 0.209 e. The fourth-order valence-corrected chi connectivity index (χ4v) is 3.85. The minimum absolute atomic E-state index is 0.0442. The second kappa shape index (κ2) is 8.12. The maximum atomic E-state index is 11.4. The Morgan fingerprint density at radius 3 is 2.48 bits per heavy atom. The average molecular weight is 405 g/mol. The highest BCUT2D eigenvalue weighted by Gasteiger charge is 2.22. The summed E-state index contributed by atoms with van der Waals surface area (Å²) in [6.45, 7) is 6.06. The van der Waals surface area contributed by atoms with Gasteiger partial charge in [-0.3, -0.25) is 4.99 Å². The van der Waals surface area contributed by atoms with Gasteiger partial charge in [-0.15, -0.1) is 0 Å². The van der Waals surface area contributed by atoms with Crippen LogP contribution in [0, 0.1) is 0 Å². The van der Waals surface area contributed by atoms with Crippen molar-refractivity contribution in [1.29, 1.82) is 0 Å². The molecule has 6 nitrogen and oxygen atoms in total. The molecule has 8 heteroatoms. The summed E-state index contributed by atoms with van der Waals surface area (Å²) >= 11 is 3.54. The quantitative estimate of drug-likeness (QED) is 0.500. The van der Waals surface area contributed by atoms with Gasteiger partial charge in [0.1, 0.15) is 0 Å². The van der Waals surface area contributed by atoms with E-state index in [1.807, 2.05) is 45.0 Å². The van der Waals surface area contributed by atoms with Crippen LogP contribution in [0.2, 0.25) is 0 Å². The monoisotopic (exact) mass is 404 g/mol. The van der Waals surface area contributed by atoms with E-state index >= 15 is 0 Å². The van der Waals surface area contributed by atoms with Crippen LogP contribution < -0.4 is 15.4 Å². The van der Waals surface area contributed by atoms with Gasteiger partial charge in [0.05, 0.1) is 12.3 Å². The van der Waals surface area contributed by atoms with Crippen molar-refractivity contribution in [1.82, 2.24) is 15.4 Å². The number of aliphatic imine (C=N–C) groups is 1. The number of guanidine groups is 1. The first-order valence-corrected chi connectivity index (χ1v) is 9.93.